The van der Waals surface area contributed by atoms with Gasteiger partial charge in [-0.3, -0.25) is 14.9 Å². The summed E-state index contributed by atoms with van der Waals surface area (Å²) >= 11 is 11.3. The quantitative estimate of drug-likeness (QED) is 0.361. The summed E-state index contributed by atoms with van der Waals surface area (Å²) in [6, 6.07) is 10.8. The largest absolute Gasteiger partial charge is 0.322 e. The molecule has 0 aliphatic carbocycles. The SMILES string of the molecule is O=C(Nc1ccc([N+](=O)[O-])cc1)c1ccc(S(=O)(=O)N(CCCl)CCCl)cc1. The Morgan fingerprint density at radius 1 is 1.00 bits per heavy atom. The van der Waals surface area contributed by atoms with Crippen LogP contribution in [0.5, 0.6) is 0 Å². The van der Waals surface area contributed by atoms with Crippen molar-refractivity contribution in [3.05, 3.63) is 64.2 Å². The Morgan fingerprint density at radius 2 is 1.54 bits per heavy atom. The monoisotopic (exact) mass is 445 g/mol. The van der Waals surface area contributed by atoms with Gasteiger partial charge < -0.3 is 5.32 Å². The lowest BCUT2D eigenvalue weighted by Gasteiger charge is -2.20. The Morgan fingerprint density at radius 3 is 2.00 bits per heavy atom. The molecule has 0 aliphatic heterocycles. The van der Waals surface area contributed by atoms with E-state index in [-0.39, 0.29) is 41.0 Å². The maximum absolute atomic E-state index is 12.6. The smallest absolute Gasteiger partial charge is 0.269 e. The average Bonchev–Trinajstić information content (AvgIpc) is 2.68. The number of sulfonamides is 1. The Bertz CT molecular complexity index is 928. The number of alkyl halides is 2. The number of hydrogen-bond donors (Lipinski definition) is 1. The Hall–Kier alpha value is -2.20. The molecule has 0 radical (unpaired) electrons. The summed E-state index contributed by atoms with van der Waals surface area (Å²) < 4.78 is 26.4. The van der Waals surface area contributed by atoms with Crippen LogP contribution in [0.1, 0.15) is 10.4 Å². The molecule has 0 bridgehead atoms. The highest BCUT2D eigenvalue weighted by atomic mass is 35.5. The lowest BCUT2D eigenvalue weighted by atomic mass is 10.2. The second-order valence-electron chi connectivity index (χ2n) is 5.56. The molecule has 0 saturated heterocycles. The van der Waals surface area contributed by atoms with E-state index in [2.05, 4.69) is 5.32 Å². The van der Waals surface area contributed by atoms with Crippen LogP contribution in [0.15, 0.2) is 53.4 Å². The third kappa shape index (κ3) is 5.41. The van der Waals surface area contributed by atoms with E-state index in [0.717, 1.165) is 0 Å². The van der Waals surface area contributed by atoms with Crippen molar-refractivity contribution in [1.82, 2.24) is 4.31 Å². The van der Waals surface area contributed by atoms with Crippen molar-refractivity contribution in [2.75, 3.05) is 30.2 Å². The molecule has 8 nitrogen and oxygen atoms in total. The van der Waals surface area contributed by atoms with Gasteiger partial charge in [0.25, 0.3) is 11.6 Å². The normalized spacial score (nSPS) is 11.4. The minimum Gasteiger partial charge on any atom is -0.322 e. The lowest BCUT2D eigenvalue weighted by Crippen LogP contribution is -2.34. The number of amides is 1. The topological polar surface area (TPSA) is 110 Å². The molecule has 0 aliphatic rings. The zero-order valence-corrected chi connectivity index (χ0v) is 16.9. The van der Waals surface area contributed by atoms with Gasteiger partial charge in [0.15, 0.2) is 0 Å². The van der Waals surface area contributed by atoms with E-state index in [1.165, 1.54) is 52.8 Å². The van der Waals surface area contributed by atoms with Crippen LogP contribution < -0.4 is 5.32 Å². The molecule has 2 aromatic rings. The van der Waals surface area contributed by atoms with Gasteiger partial charge in [-0.05, 0) is 36.4 Å². The van der Waals surface area contributed by atoms with Crippen molar-refractivity contribution in [1.29, 1.82) is 0 Å². The molecule has 0 saturated carbocycles. The second kappa shape index (κ2) is 9.83. The number of nitrogens with one attached hydrogen (secondary N) is 1. The van der Waals surface area contributed by atoms with Crippen molar-refractivity contribution < 1.29 is 18.1 Å². The van der Waals surface area contributed by atoms with Gasteiger partial charge >= 0.3 is 0 Å². The van der Waals surface area contributed by atoms with Crippen molar-refractivity contribution >= 4 is 50.5 Å². The van der Waals surface area contributed by atoms with Crippen LogP contribution in [0.3, 0.4) is 0 Å². The van der Waals surface area contributed by atoms with Gasteiger partial charge in [-0.1, -0.05) is 0 Å². The second-order valence-corrected chi connectivity index (χ2v) is 8.26. The molecule has 0 unspecified atom stereocenters. The highest BCUT2D eigenvalue weighted by Crippen LogP contribution is 2.19. The van der Waals surface area contributed by atoms with E-state index in [4.69, 9.17) is 23.2 Å². The molecule has 150 valence electrons. The molecule has 1 N–H and O–H groups in total. The minimum absolute atomic E-state index is 0.0228. The predicted molar refractivity (Wildman–Crippen MR) is 108 cm³/mol. The summed E-state index contributed by atoms with van der Waals surface area (Å²) in [5, 5.41) is 13.2. The number of carbonyl (C=O) groups excluding carboxylic acids is 1. The van der Waals surface area contributed by atoms with Gasteiger partial charge in [-0.25, -0.2) is 8.42 Å². The molecule has 1 amide bonds. The summed E-state index contributed by atoms with van der Waals surface area (Å²) in [7, 11) is -3.77. The number of nitro benzene ring substituents is 1. The first-order valence-electron chi connectivity index (χ1n) is 8.07. The van der Waals surface area contributed by atoms with E-state index >= 15 is 0 Å². The number of carbonyl (C=O) groups is 1. The molecule has 0 aromatic heterocycles. The van der Waals surface area contributed by atoms with Crippen molar-refractivity contribution in [2.24, 2.45) is 0 Å². The lowest BCUT2D eigenvalue weighted by molar-refractivity contribution is -0.384. The van der Waals surface area contributed by atoms with Crippen LogP contribution in [0.2, 0.25) is 0 Å². The van der Waals surface area contributed by atoms with E-state index in [1.807, 2.05) is 0 Å². The molecule has 28 heavy (non-hydrogen) atoms. The molecule has 0 heterocycles. The van der Waals surface area contributed by atoms with Crippen molar-refractivity contribution in [3.63, 3.8) is 0 Å². The molecule has 0 fully saturated rings. The third-order valence-electron chi connectivity index (χ3n) is 3.76. The summed E-state index contributed by atoms with van der Waals surface area (Å²) in [5.41, 5.74) is 0.521. The molecule has 2 aromatic carbocycles. The van der Waals surface area contributed by atoms with Crippen LogP contribution in [0, 0.1) is 10.1 Å². The number of benzene rings is 2. The fraction of sp³-hybridized carbons (Fsp3) is 0.235. The van der Waals surface area contributed by atoms with Gasteiger partial charge in [0.2, 0.25) is 10.0 Å². The Labute approximate surface area is 172 Å². The zero-order chi connectivity index (χ0) is 20.7. The summed E-state index contributed by atoms with van der Waals surface area (Å²) in [6.45, 7) is 0.248. The fourth-order valence-electron chi connectivity index (χ4n) is 2.34. The maximum atomic E-state index is 12.6. The minimum atomic E-state index is -3.77. The maximum Gasteiger partial charge on any atom is 0.269 e. The average molecular weight is 446 g/mol. The van der Waals surface area contributed by atoms with E-state index in [9.17, 15) is 23.3 Å². The Balaban J connectivity index is 2.14. The predicted octanol–water partition coefficient (Wildman–Crippen LogP) is 3.32. The van der Waals surface area contributed by atoms with Crippen LogP contribution in [0.4, 0.5) is 11.4 Å². The molecule has 0 atom stereocenters. The molecular weight excluding hydrogens is 429 g/mol. The summed E-state index contributed by atoms with van der Waals surface area (Å²) in [5.74, 6) is -0.214. The van der Waals surface area contributed by atoms with E-state index in [1.54, 1.807) is 0 Å². The zero-order valence-electron chi connectivity index (χ0n) is 14.5. The van der Waals surface area contributed by atoms with Crippen LogP contribution >= 0.6 is 23.2 Å². The standard InChI is InChI=1S/C17H17Cl2N3O5S/c18-9-11-21(12-10-19)28(26,27)16-7-1-13(2-8-16)17(23)20-14-3-5-15(6-4-14)22(24)25/h1-8H,9-12H2,(H,20,23). The van der Waals surface area contributed by atoms with E-state index < -0.39 is 20.9 Å². The first-order chi connectivity index (χ1) is 13.3. The van der Waals surface area contributed by atoms with Gasteiger partial charge in [-0.2, -0.15) is 4.31 Å². The summed E-state index contributed by atoms with van der Waals surface area (Å²) in [4.78, 5) is 22.4. The fourth-order valence-corrected chi connectivity index (χ4v) is 4.39. The van der Waals surface area contributed by atoms with Crippen LogP contribution in [0.25, 0.3) is 0 Å². The summed E-state index contributed by atoms with van der Waals surface area (Å²) in [6.07, 6.45) is 0. The number of rotatable bonds is 9. The van der Waals surface area contributed by atoms with Crippen molar-refractivity contribution in [3.8, 4) is 0 Å². The third-order valence-corrected chi connectivity index (χ3v) is 6.01. The van der Waals surface area contributed by atoms with Gasteiger partial charge in [0, 0.05) is 48.2 Å². The van der Waals surface area contributed by atoms with Crippen LogP contribution in [-0.4, -0.2) is 48.4 Å². The molecule has 11 heteroatoms. The van der Waals surface area contributed by atoms with Gasteiger partial charge in [-0.15, -0.1) is 23.2 Å². The number of nitro groups is 1. The Kier molecular flexibility index (Phi) is 7.76. The molecule has 2 rings (SSSR count). The van der Waals surface area contributed by atoms with Gasteiger partial charge in [0.1, 0.15) is 0 Å². The van der Waals surface area contributed by atoms with Crippen molar-refractivity contribution in [2.45, 2.75) is 4.90 Å². The number of non-ortho nitro benzene ring substituents is 1. The number of hydrogen-bond acceptors (Lipinski definition) is 5. The number of nitrogens with zero attached hydrogens (tertiary/aromatic N) is 2. The number of anilines is 1. The molecule has 0 spiro atoms. The highest BCUT2D eigenvalue weighted by Gasteiger charge is 2.23. The highest BCUT2D eigenvalue weighted by molar-refractivity contribution is 7.89. The van der Waals surface area contributed by atoms with E-state index in [0.29, 0.717) is 5.69 Å². The van der Waals surface area contributed by atoms with Gasteiger partial charge in [0.05, 0.1) is 9.82 Å². The first-order valence-corrected chi connectivity index (χ1v) is 10.6. The number of halogens is 2. The first kappa shape index (κ1) is 22.1. The van der Waals surface area contributed by atoms with Crippen LogP contribution in [-0.2, 0) is 10.0 Å². The molecular formula is C17H17Cl2N3O5S.